The number of hydrogen-bond acceptors (Lipinski definition) is 2. The molecule has 0 saturated carbocycles. The molecule has 0 spiro atoms. The lowest BCUT2D eigenvalue weighted by Gasteiger charge is -2.16. The van der Waals surface area contributed by atoms with Crippen molar-refractivity contribution >= 4 is 5.69 Å². The van der Waals surface area contributed by atoms with Crippen LogP contribution in [0, 0.1) is 11.6 Å². The van der Waals surface area contributed by atoms with E-state index < -0.39 is 11.6 Å². The lowest BCUT2D eigenvalue weighted by molar-refractivity contribution is 0.216. The van der Waals surface area contributed by atoms with E-state index in [-0.39, 0.29) is 11.9 Å². The van der Waals surface area contributed by atoms with Gasteiger partial charge in [0, 0.05) is 11.8 Å². The molecule has 2 N–H and O–H groups in total. The van der Waals surface area contributed by atoms with Gasteiger partial charge in [0.15, 0.2) is 11.6 Å². The molecule has 0 aliphatic heterocycles. The molecule has 0 saturated heterocycles. The zero-order chi connectivity index (χ0) is 13.1. The molecule has 1 unspecified atom stereocenters. The molecule has 0 aliphatic rings. The van der Waals surface area contributed by atoms with Crippen molar-refractivity contribution in [3.8, 4) is 5.75 Å². The fourth-order valence-corrected chi connectivity index (χ4v) is 1.64. The normalized spacial score (nSPS) is 12.2. The number of benzene rings is 2. The van der Waals surface area contributed by atoms with Gasteiger partial charge in [0.05, 0.1) is 0 Å². The monoisotopic (exact) mass is 249 g/mol. The second-order valence-electron chi connectivity index (χ2n) is 4.00. The predicted molar refractivity (Wildman–Crippen MR) is 66.3 cm³/mol. The molecule has 18 heavy (non-hydrogen) atoms. The Balaban J connectivity index is 2.18. The fourth-order valence-electron chi connectivity index (χ4n) is 1.64. The van der Waals surface area contributed by atoms with Crippen molar-refractivity contribution in [2.45, 2.75) is 13.0 Å². The molecule has 0 amide bonds. The van der Waals surface area contributed by atoms with Crippen molar-refractivity contribution in [1.29, 1.82) is 0 Å². The van der Waals surface area contributed by atoms with Gasteiger partial charge in [-0.3, -0.25) is 0 Å². The van der Waals surface area contributed by atoms with Crippen molar-refractivity contribution in [3.05, 3.63) is 59.7 Å². The maximum absolute atomic E-state index is 13.4. The number of halogens is 2. The third-order valence-corrected chi connectivity index (χ3v) is 2.58. The van der Waals surface area contributed by atoms with Crippen molar-refractivity contribution < 1.29 is 13.5 Å². The summed E-state index contributed by atoms with van der Waals surface area (Å²) in [6.45, 7) is 1.78. The molecule has 0 bridgehead atoms. The highest BCUT2D eigenvalue weighted by Gasteiger charge is 2.11. The van der Waals surface area contributed by atoms with Gasteiger partial charge in [-0.2, -0.15) is 0 Å². The second kappa shape index (κ2) is 5.04. The number of anilines is 1. The topological polar surface area (TPSA) is 35.2 Å². The summed E-state index contributed by atoms with van der Waals surface area (Å²) in [5.41, 5.74) is 7.11. The van der Waals surface area contributed by atoms with Crippen LogP contribution in [0.1, 0.15) is 18.6 Å². The smallest absolute Gasteiger partial charge is 0.168 e. The van der Waals surface area contributed by atoms with Crippen LogP contribution in [0.25, 0.3) is 0 Å². The van der Waals surface area contributed by atoms with Gasteiger partial charge in [-0.05, 0) is 36.8 Å². The predicted octanol–water partition coefficient (Wildman–Crippen LogP) is 3.69. The summed E-state index contributed by atoms with van der Waals surface area (Å²) in [5, 5.41) is 0. The summed E-state index contributed by atoms with van der Waals surface area (Å²) in [6.07, 6.45) is -0.367. The minimum absolute atomic E-state index is 0.0197. The molecular formula is C14H13F2NO. The minimum Gasteiger partial charge on any atom is -0.483 e. The Morgan fingerprint density at radius 2 is 1.89 bits per heavy atom. The van der Waals surface area contributed by atoms with E-state index in [9.17, 15) is 8.78 Å². The van der Waals surface area contributed by atoms with E-state index in [1.54, 1.807) is 25.1 Å². The van der Waals surface area contributed by atoms with Gasteiger partial charge in [-0.15, -0.1) is 0 Å². The molecule has 2 nitrogen and oxygen atoms in total. The van der Waals surface area contributed by atoms with E-state index in [1.807, 2.05) is 6.07 Å². The zero-order valence-corrected chi connectivity index (χ0v) is 9.86. The first-order valence-electron chi connectivity index (χ1n) is 5.53. The number of nitrogens with two attached hydrogens (primary N) is 1. The van der Waals surface area contributed by atoms with Crippen LogP contribution in [-0.4, -0.2) is 0 Å². The Kier molecular flexibility index (Phi) is 3.46. The quantitative estimate of drug-likeness (QED) is 0.842. The summed E-state index contributed by atoms with van der Waals surface area (Å²) < 4.78 is 31.6. The molecule has 2 aromatic rings. The van der Waals surface area contributed by atoms with Crippen LogP contribution in [0.4, 0.5) is 14.5 Å². The van der Waals surface area contributed by atoms with Gasteiger partial charge in [0.25, 0.3) is 0 Å². The van der Waals surface area contributed by atoms with Gasteiger partial charge < -0.3 is 10.5 Å². The van der Waals surface area contributed by atoms with Crippen LogP contribution in [0.3, 0.4) is 0 Å². The molecule has 2 aromatic carbocycles. The lowest BCUT2D eigenvalue weighted by atomic mass is 10.1. The maximum Gasteiger partial charge on any atom is 0.168 e. The van der Waals surface area contributed by atoms with Crippen molar-refractivity contribution in [2.24, 2.45) is 0 Å². The Labute approximate surface area is 104 Å². The van der Waals surface area contributed by atoms with E-state index in [2.05, 4.69) is 0 Å². The summed E-state index contributed by atoms with van der Waals surface area (Å²) in [6, 6.07) is 10.4. The first kappa shape index (κ1) is 12.4. The minimum atomic E-state index is -0.717. The average molecular weight is 249 g/mol. The number of hydrogen-bond donors (Lipinski definition) is 1. The maximum atomic E-state index is 13.4. The largest absolute Gasteiger partial charge is 0.483 e. The van der Waals surface area contributed by atoms with Gasteiger partial charge in [-0.25, -0.2) is 8.78 Å². The Morgan fingerprint density at radius 3 is 2.56 bits per heavy atom. The van der Waals surface area contributed by atoms with E-state index in [0.717, 1.165) is 17.7 Å². The van der Waals surface area contributed by atoms with Gasteiger partial charge in [-0.1, -0.05) is 12.1 Å². The molecular weight excluding hydrogens is 236 g/mol. The summed E-state index contributed by atoms with van der Waals surface area (Å²) in [7, 11) is 0. The molecule has 1 atom stereocenters. The van der Waals surface area contributed by atoms with E-state index in [1.165, 1.54) is 6.07 Å². The van der Waals surface area contributed by atoms with E-state index >= 15 is 0 Å². The third-order valence-electron chi connectivity index (χ3n) is 2.58. The number of ether oxygens (including phenoxy) is 1. The highest BCUT2D eigenvalue weighted by atomic mass is 19.1. The summed E-state index contributed by atoms with van der Waals surface area (Å²) in [5.74, 6) is -1.33. The lowest BCUT2D eigenvalue weighted by Crippen LogP contribution is -2.05. The SMILES string of the molecule is CC(Oc1ccc(F)cc1F)c1cccc(N)c1. The first-order chi connectivity index (χ1) is 8.56. The fraction of sp³-hybridized carbons (Fsp3) is 0.143. The van der Waals surface area contributed by atoms with Crippen LogP contribution < -0.4 is 10.5 Å². The molecule has 0 heterocycles. The molecule has 0 radical (unpaired) electrons. The second-order valence-corrected chi connectivity index (χ2v) is 4.00. The first-order valence-corrected chi connectivity index (χ1v) is 5.53. The van der Waals surface area contributed by atoms with Crippen LogP contribution in [-0.2, 0) is 0 Å². The molecule has 0 fully saturated rings. The highest BCUT2D eigenvalue weighted by molar-refractivity contribution is 5.41. The molecule has 0 aromatic heterocycles. The van der Waals surface area contributed by atoms with Crippen LogP contribution in [0.2, 0.25) is 0 Å². The standard InChI is InChI=1S/C14H13F2NO/c1-9(10-3-2-4-12(17)7-10)18-14-6-5-11(15)8-13(14)16/h2-9H,17H2,1H3. The van der Waals surface area contributed by atoms with Crippen LogP contribution in [0.5, 0.6) is 5.75 Å². The van der Waals surface area contributed by atoms with Crippen molar-refractivity contribution in [3.63, 3.8) is 0 Å². The van der Waals surface area contributed by atoms with Crippen molar-refractivity contribution in [2.75, 3.05) is 5.73 Å². The summed E-state index contributed by atoms with van der Waals surface area (Å²) >= 11 is 0. The highest BCUT2D eigenvalue weighted by Crippen LogP contribution is 2.25. The zero-order valence-electron chi connectivity index (χ0n) is 9.86. The molecule has 4 heteroatoms. The third kappa shape index (κ3) is 2.77. The van der Waals surface area contributed by atoms with Crippen LogP contribution in [0.15, 0.2) is 42.5 Å². The van der Waals surface area contributed by atoms with E-state index in [4.69, 9.17) is 10.5 Å². The molecule has 0 aliphatic carbocycles. The van der Waals surface area contributed by atoms with E-state index in [0.29, 0.717) is 5.69 Å². The molecule has 94 valence electrons. The Morgan fingerprint density at radius 1 is 1.11 bits per heavy atom. The Hall–Kier alpha value is -2.10. The van der Waals surface area contributed by atoms with Crippen LogP contribution >= 0.6 is 0 Å². The summed E-state index contributed by atoms with van der Waals surface area (Å²) in [4.78, 5) is 0. The average Bonchev–Trinajstić information content (AvgIpc) is 2.32. The van der Waals surface area contributed by atoms with Crippen molar-refractivity contribution in [1.82, 2.24) is 0 Å². The van der Waals surface area contributed by atoms with Gasteiger partial charge in [0.2, 0.25) is 0 Å². The molecule has 2 rings (SSSR count). The van der Waals surface area contributed by atoms with Gasteiger partial charge in [0.1, 0.15) is 11.9 Å². The number of nitrogen functional groups attached to an aromatic ring is 1. The number of rotatable bonds is 3. The van der Waals surface area contributed by atoms with Gasteiger partial charge >= 0.3 is 0 Å². The Bertz CT molecular complexity index is 557.